The number of benzene rings is 1. The van der Waals surface area contributed by atoms with Gasteiger partial charge in [0.25, 0.3) is 0 Å². The number of nitrogens with zero attached hydrogens (tertiary/aromatic N) is 4. The number of carbonyl (C=O) groups excluding carboxylic acids is 2. The number of amides is 2. The summed E-state index contributed by atoms with van der Waals surface area (Å²) in [6, 6.07) is 6.61. The van der Waals surface area contributed by atoms with Crippen molar-refractivity contribution in [3.8, 4) is 0 Å². The van der Waals surface area contributed by atoms with Gasteiger partial charge in [0.05, 0.1) is 17.9 Å². The molecule has 1 saturated heterocycles. The minimum absolute atomic E-state index is 0.200. The van der Waals surface area contributed by atoms with Gasteiger partial charge in [0.15, 0.2) is 0 Å². The average molecular weight is 284 g/mol. The monoisotopic (exact) mass is 284 g/mol. The highest BCUT2D eigenvalue weighted by molar-refractivity contribution is 6.03. The first-order valence-corrected chi connectivity index (χ1v) is 6.56. The van der Waals surface area contributed by atoms with Crippen LogP contribution in [0, 0.1) is 5.41 Å². The highest BCUT2D eigenvalue weighted by atomic mass is 16.2. The van der Waals surface area contributed by atoms with E-state index in [1.165, 1.54) is 11.0 Å². The molecular weight excluding hydrogens is 268 g/mol. The van der Waals surface area contributed by atoms with Gasteiger partial charge < -0.3 is 0 Å². The average Bonchev–Trinajstić information content (AvgIpc) is 2.45. The maximum Gasteiger partial charge on any atom is 0.239 e. The van der Waals surface area contributed by atoms with Gasteiger partial charge in [0, 0.05) is 10.6 Å². The lowest BCUT2D eigenvalue weighted by atomic mass is 9.86. The molecule has 21 heavy (non-hydrogen) atoms. The minimum Gasteiger partial charge on any atom is -0.274 e. The molecular formula is C15H16N4O2. The van der Waals surface area contributed by atoms with E-state index in [1.807, 2.05) is 6.07 Å². The molecule has 1 aliphatic rings. The zero-order valence-corrected chi connectivity index (χ0v) is 12.0. The fourth-order valence-electron chi connectivity index (χ4n) is 2.18. The van der Waals surface area contributed by atoms with Crippen molar-refractivity contribution >= 4 is 17.5 Å². The maximum atomic E-state index is 12.4. The molecule has 2 amide bonds. The lowest BCUT2D eigenvalue weighted by molar-refractivity contribution is -0.162. The van der Waals surface area contributed by atoms with Crippen molar-refractivity contribution in [3.05, 3.63) is 52.9 Å². The summed E-state index contributed by atoms with van der Waals surface area (Å²) in [5.41, 5.74) is 8.92. The molecule has 0 N–H and O–H groups in total. The Balaban J connectivity index is 2.31. The van der Waals surface area contributed by atoms with Gasteiger partial charge in [-0.2, -0.15) is 0 Å². The molecule has 0 bridgehead atoms. The van der Waals surface area contributed by atoms with Crippen LogP contribution in [-0.4, -0.2) is 16.7 Å². The smallest absolute Gasteiger partial charge is 0.239 e. The number of imide groups is 1. The van der Waals surface area contributed by atoms with E-state index in [9.17, 15) is 9.59 Å². The van der Waals surface area contributed by atoms with Gasteiger partial charge in [-0.3, -0.25) is 14.5 Å². The highest BCUT2D eigenvalue weighted by Crippen LogP contribution is 2.39. The van der Waals surface area contributed by atoms with Crippen LogP contribution in [0.5, 0.6) is 0 Å². The molecule has 1 fully saturated rings. The molecule has 0 spiro atoms. The first-order valence-electron chi connectivity index (χ1n) is 6.56. The number of likely N-dealkylation sites (tertiary alicyclic amines) is 1. The van der Waals surface area contributed by atoms with Crippen LogP contribution in [0.25, 0.3) is 10.4 Å². The molecule has 0 radical (unpaired) electrons. The number of β-lactam (4-membered cyclic amide) rings is 1. The Morgan fingerprint density at radius 1 is 1.57 bits per heavy atom. The molecule has 6 nitrogen and oxygen atoms in total. The van der Waals surface area contributed by atoms with Gasteiger partial charge in [-0.1, -0.05) is 29.4 Å². The van der Waals surface area contributed by atoms with Gasteiger partial charge in [0.1, 0.15) is 0 Å². The molecule has 1 aromatic rings. The molecule has 1 atom stereocenters. The number of carbonyl (C=O) groups is 2. The number of hydrogen-bond acceptors (Lipinski definition) is 3. The summed E-state index contributed by atoms with van der Waals surface area (Å²) in [4.78, 5) is 28.2. The Kier molecular flexibility index (Phi) is 3.82. The molecule has 0 saturated carbocycles. The zero-order valence-electron chi connectivity index (χ0n) is 12.0. The summed E-state index contributed by atoms with van der Waals surface area (Å²) >= 11 is 0. The molecule has 1 aromatic carbocycles. The summed E-state index contributed by atoms with van der Waals surface area (Å²) in [5, 5.41) is 3.54. The van der Waals surface area contributed by atoms with E-state index in [1.54, 1.807) is 32.0 Å². The van der Waals surface area contributed by atoms with Crippen molar-refractivity contribution in [1.29, 1.82) is 0 Å². The number of azide groups is 1. The van der Waals surface area contributed by atoms with E-state index in [0.717, 1.165) is 5.56 Å². The Bertz CT molecular complexity index is 659. The van der Waals surface area contributed by atoms with E-state index >= 15 is 0 Å². The standard InChI is InChI=1S/C15H16N4O2/c1-4-15(2,3)14(21)19-12(9-13(19)20)10-6-5-7-11(8-10)17-18-16/h4-8,12H,1,9H2,2-3H3. The lowest BCUT2D eigenvalue weighted by Crippen LogP contribution is -2.53. The maximum absolute atomic E-state index is 12.4. The van der Waals surface area contributed by atoms with E-state index in [4.69, 9.17) is 5.53 Å². The Labute approximate surface area is 122 Å². The van der Waals surface area contributed by atoms with Crippen LogP contribution >= 0.6 is 0 Å². The van der Waals surface area contributed by atoms with E-state index in [-0.39, 0.29) is 24.3 Å². The van der Waals surface area contributed by atoms with Crippen LogP contribution in [0.2, 0.25) is 0 Å². The van der Waals surface area contributed by atoms with Gasteiger partial charge >= 0.3 is 0 Å². The summed E-state index contributed by atoms with van der Waals surface area (Å²) in [6.07, 6.45) is 1.81. The highest BCUT2D eigenvalue weighted by Gasteiger charge is 2.45. The fourth-order valence-corrected chi connectivity index (χ4v) is 2.18. The predicted octanol–water partition coefficient (Wildman–Crippen LogP) is 3.64. The van der Waals surface area contributed by atoms with Crippen LogP contribution < -0.4 is 0 Å². The second-order valence-electron chi connectivity index (χ2n) is 5.50. The largest absolute Gasteiger partial charge is 0.274 e. The normalized spacial score (nSPS) is 17.7. The fraction of sp³-hybridized carbons (Fsp3) is 0.333. The SMILES string of the molecule is C=CC(C)(C)C(=O)N1C(=O)CC1c1cccc(N=[N+]=[N-])c1. The molecule has 1 aliphatic heterocycles. The number of rotatable bonds is 4. The van der Waals surface area contributed by atoms with Crippen LogP contribution in [0.1, 0.15) is 31.9 Å². The van der Waals surface area contributed by atoms with E-state index < -0.39 is 5.41 Å². The van der Waals surface area contributed by atoms with Crippen LogP contribution in [0.15, 0.2) is 42.0 Å². The molecule has 6 heteroatoms. The Morgan fingerprint density at radius 2 is 2.29 bits per heavy atom. The predicted molar refractivity (Wildman–Crippen MR) is 78.4 cm³/mol. The molecule has 108 valence electrons. The summed E-state index contributed by atoms with van der Waals surface area (Å²) in [6.45, 7) is 7.09. The van der Waals surface area contributed by atoms with Gasteiger partial charge in [-0.05, 0) is 31.0 Å². The molecule has 2 rings (SSSR count). The minimum atomic E-state index is -0.795. The summed E-state index contributed by atoms with van der Waals surface area (Å²) < 4.78 is 0. The lowest BCUT2D eigenvalue weighted by Gasteiger charge is -2.42. The first kappa shape index (κ1) is 14.8. The van der Waals surface area contributed by atoms with Crippen molar-refractivity contribution in [2.45, 2.75) is 26.3 Å². The van der Waals surface area contributed by atoms with Crippen molar-refractivity contribution < 1.29 is 9.59 Å². The van der Waals surface area contributed by atoms with Crippen molar-refractivity contribution in [1.82, 2.24) is 4.90 Å². The van der Waals surface area contributed by atoms with Crippen molar-refractivity contribution in [2.24, 2.45) is 10.5 Å². The molecule has 1 unspecified atom stereocenters. The van der Waals surface area contributed by atoms with Crippen LogP contribution in [0.4, 0.5) is 5.69 Å². The third kappa shape index (κ3) is 2.66. The second-order valence-corrected chi connectivity index (χ2v) is 5.50. The van der Waals surface area contributed by atoms with Gasteiger partial charge in [-0.15, -0.1) is 6.58 Å². The zero-order chi connectivity index (χ0) is 15.6. The third-order valence-corrected chi connectivity index (χ3v) is 3.64. The third-order valence-electron chi connectivity index (χ3n) is 3.64. The van der Waals surface area contributed by atoms with Crippen molar-refractivity contribution in [3.63, 3.8) is 0 Å². The molecule has 1 heterocycles. The first-order chi connectivity index (χ1) is 9.90. The Hall–Kier alpha value is -2.59. The van der Waals surface area contributed by atoms with Gasteiger partial charge in [-0.25, -0.2) is 0 Å². The van der Waals surface area contributed by atoms with Crippen LogP contribution in [0.3, 0.4) is 0 Å². The molecule has 0 aromatic heterocycles. The van der Waals surface area contributed by atoms with Crippen LogP contribution in [-0.2, 0) is 9.59 Å². The number of hydrogen-bond donors (Lipinski definition) is 0. The second kappa shape index (κ2) is 5.42. The van der Waals surface area contributed by atoms with Gasteiger partial charge in [0.2, 0.25) is 11.8 Å². The Morgan fingerprint density at radius 3 is 2.86 bits per heavy atom. The summed E-state index contributed by atoms with van der Waals surface area (Å²) in [5.74, 6) is -0.470. The molecule has 0 aliphatic carbocycles. The quantitative estimate of drug-likeness (QED) is 0.278. The summed E-state index contributed by atoms with van der Waals surface area (Å²) in [7, 11) is 0. The van der Waals surface area contributed by atoms with E-state index in [2.05, 4.69) is 16.6 Å². The van der Waals surface area contributed by atoms with Crippen molar-refractivity contribution in [2.75, 3.05) is 0 Å². The van der Waals surface area contributed by atoms with E-state index in [0.29, 0.717) is 5.69 Å². The topological polar surface area (TPSA) is 86.1 Å².